The molecule has 1 saturated heterocycles. The molecule has 21 heavy (non-hydrogen) atoms. The summed E-state index contributed by atoms with van der Waals surface area (Å²) in [6.07, 6.45) is 3.70. The molecule has 2 rings (SSSR count). The second-order valence-electron chi connectivity index (χ2n) is 5.46. The summed E-state index contributed by atoms with van der Waals surface area (Å²) in [6.45, 7) is 7.06. The van der Waals surface area contributed by atoms with Gasteiger partial charge in [-0.25, -0.2) is 0 Å². The first-order chi connectivity index (χ1) is 10.3. The van der Waals surface area contributed by atoms with E-state index in [-0.39, 0.29) is 0 Å². The van der Waals surface area contributed by atoms with Gasteiger partial charge in [0.25, 0.3) is 0 Å². The molecule has 1 atom stereocenters. The maximum Gasteiger partial charge on any atom is 0.191 e. The highest BCUT2D eigenvalue weighted by molar-refractivity contribution is 8.00. The number of aryl methyl sites for hydroxylation is 1. The van der Waals surface area contributed by atoms with E-state index in [2.05, 4.69) is 60.5 Å². The topological polar surface area (TPSA) is 36.4 Å². The number of benzene rings is 1. The monoisotopic (exact) mass is 305 g/mol. The second-order valence-corrected chi connectivity index (χ2v) is 6.87. The highest BCUT2D eigenvalue weighted by Crippen LogP contribution is 2.25. The zero-order chi connectivity index (χ0) is 14.9. The predicted molar refractivity (Wildman–Crippen MR) is 94.3 cm³/mol. The van der Waals surface area contributed by atoms with Crippen LogP contribution in [0.4, 0.5) is 0 Å². The van der Waals surface area contributed by atoms with Gasteiger partial charge in [0, 0.05) is 18.3 Å². The molecule has 0 spiro atoms. The van der Waals surface area contributed by atoms with Gasteiger partial charge in [-0.2, -0.15) is 11.8 Å². The minimum absolute atomic E-state index is 0.719. The third-order valence-corrected chi connectivity index (χ3v) is 5.15. The standard InChI is InChI=1S/C17H27N3S/c1-3-18-17(20-13-16-9-6-12-21-16)19-11-10-15-8-5-4-7-14(15)2/h4-5,7-8,16H,3,6,9-13H2,1-2H3,(H2,18,19,20). The Balaban J connectivity index is 1.79. The van der Waals surface area contributed by atoms with Crippen molar-refractivity contribution in [2.45, 2.75) is 38.4 Å². The first kappa shape index (κ1) is 16.2. The van der Waals surface area contributed by atoms with Gasteiger partial charge in [0.15, 0.2) is 5.96 Å². The van der Waals surface area contributed by atoms with Crippen LogP contribution in [-0.4, -0.2) is 36.6 Å². The van der Waals surface area contributed by atoms with Crippen molar-refractivity contribution in [1.29, 1.82) is 0 Å². The van der Waals surface area contributed by atoms with Crippen LogP contribution in [0, 0.1) is 6.92 Å². The van der Waals surface area contributed by atoms with E-state index in [0.717, 1.165) is 37.3 Å². The largest absolute Gasteiger partial charge is 0.357 e. The van der Waals surface area contributed by atoms with E-state index in [9.17, 15) is 0 Å². The molecule has 1 aromatic rings. The summed E-state index contributed by atoms with van der Waals surface area (Å²) in [7, 11) is 0. The van der Waals surface area contributed by atoms with Gasteiger partial charge in [-0.15, -0.1) is 0 Å². The van der Waals surface area contributed by atoms with Gasteiger partial charge in [0.1, 0.15) is 0 Å². The molecule has 1 fully saturated rings. The molecule has 0 saturated carbocycles. The van der Waals surface area contributed by atoms with E-state index < -0.39 is 0 Å². The lowest BCUT2D eigenvalue weighted by molar-refractivity contribution is 0.760. The second kappa shape index (κ2) is 8.98. The Kier molecular flexibility index (Phi) is 6.93. The Bertz CT molecular complexity index is 453. The lowest BCUT2D eigenvalue weighted by Gasteiger charge is -2.13. The molecule has 0 bridgehead atoms. The van der Waals surface area contributed by atoms with Crippen LogP contribution in [0.1, 0.15) is 30.9 Å². The highest BCUT2D eigenvalue weighted by atomic mass is 32.2. The van der Waals surface area contributed by atoms with E-state index in [0.29, 0.717) is 0 Å². The van der Waals surface area contributed by atoms with E-state index in [4.69, 9.17) is 4.99 Å². The molecule has 0 radical (unpaired) electrons. The van der Waals surface area contributed by atoms with Crippen molar-refractivity contribution in [2.24, 2.45) is 4.99 Å². The van der Waals surface area contributed by atoms with Crippen LogP contribution in [-0.2, 0) is 6.42 Å². The zero-order valence-electron chi connectivity index (χ0n) is 13.2. The number of nitrogens with zero attached hydrogens (tertiary/aromatic N) is 1. The van der Waals surface area contributed by atoms with Crippen LogP contribution in [0.5, 0.6) is 0 Å². The molecule has 0 amide bonds. The van der Waals surface area contributed by atoms with Crippen LogP contribution in [0.25, 0.3) is 0 Å². The van der Waals surface area contributed by atoms with Gasteiger partial charge in [0.2, 0.25) is 0 Å². The molecule has 1 heterocycles. The Hall–Kier alpha value is -1.16. The molecule has 1 unspecified atom stereocenters. The fourth-order valence-corrected chi connectivity index (χ4v) is 3.71. The molecule has 1 aliphatic heterocycles. The number of thioether (sulfide) groups is 1. The maximum atomic E-state index is 4.72. The van der Waals surface area contributed by atoms with Crippen molar-refractivity contribution in [3.05, 3.63) is 35.4 Å². The van der Waals surface area contributed by atoms with E-state index in [1.54, 1.807) is 0 Å². The molecule has 4 heteroatoms. The van der Waals surface area contributed by atoms with Gasteiger partial charge >= 0.3 is 0 Å². The molecule has 3 nitrogen and oxygen atoms in total. The van der Waals surface area contributed by atoms with E-state index in [1.807, 2.05) is 0 Å². The zero-order valence-corrected chi connectivity index (χ0v) is 14.0. The van der Waals surface area contributed by atoms with Crippen LogP contribution >= 0.6 is 11.8 Å². The lowest BCUT2D eigenvalue weighted by atomic mass is 10.1. The van der Waals surface area contributed by atoms with Crippen LogP contribution < -0.4 is 10.6 Å². The maximum absolute atomic E-state index is 4.72. The predicted octanol–water partition coefficient (Wildman–Crippen LogP) is 2.99. The lowest BCUT2D eigenvalue weighted by Crippen LogP contribution is -2.38. The Morgan fingerprint density at radius 1 is 1.33 bits per heavy atom. The summed E-state index contributed by atoms with van der Waals surface area (Å²) in [5, 5.41) is 7.51. The molecule has 1 aromatic carbocycles. The number of guanidine groups is 1. The van der Waals surface area contributed by atoms with Crippen molar-refractivity contribution in [3.63, 3.8) is 0 Å². The number of nitrogens with one attached hydrogen (secondary N) is 2. The minimum Gasteiger partial charge on any atom is -0.357 e. The van der Waals surface area contributed by atoms with Crippen LogP contribution in [0.15, 0.2) is 29.3 Å². The molecule has 0 aliphatic carbocycles. The van der Waals surface area contributed by atoms with Gasteiger partial charge in [0.05, 0.1) is 6.54 Å². The van der Waals surface area contributed by atoms with Crippen LogP contribution in [0.2, 0.25) is 0 Å². The SMILES string of the molecule is CCNC(=NCC1CCCS1)NCCc1ccccc1C. The average molecular weight is 305 g/mol. The molecule has 1 aliphatic rings. The normalized spacial score (nSPS) is 18.8. The third kappa shape index (κ3) is 5.62. The van der Waals surface area contributed by atoms with Crippen LogP contribution in [0.3, 0.4) is 0 Å². The fraction of sp³-hybridized carbons (Fsp3) is 0.588. The number of hydrogen-bond acceptors (Lipinski definition) is 2. The quantitative estimate of drug-likeness (QED) is 0.626. The fourth-order valence-electron chi connectivity index (χ4n) is 2.53. The molecular weight excluding hydrogens is 278 g/mol. The molecule has 2 N–H and O–H groups in total. The summed E-state index contributed by atoms with van der Waals surface area (Å²) in [6, 6.07) is 8.58. The highest BCUT2D eigenvalue weighted by Gasteiger charge is 2.14. The number of hydrogen-bond donors (Lipinski definition) is 2. The molecule has 116 valence electrons. The molecular formula is C17H27N3S. The first-order valence-electron chi connectivity index (χ1n) is 7.98. The number of aliphatic imine (C=N–C) groups is 1. The summed E-state index contributed by atoms with van der Waals surface area (Å²) in [5.74, 6) is 2.26. The summed E-state index contributed by atoms with van der Waals surface area (Å²) < 4.78 is 0. The van der Waals surface area contributed by atoms with Crippen molar-refractivity contribution in [2.75, 3.05) is 25.4 Å². The smallest absolute Gasteiger partial charge is 0.191 e. The van der Waals surface area contributed by atoms with Gasteiger partial charge < -0.3 is 10.6 Å². The average Bonchev–Trinajstić information content (AvgIpc) is 3.00. The van der Waals surface area contributed by atoms with Gasteiger partial charge in [-0.05, 0) is 50.0 Å². The Morgan fingerprint density at radius 3 is 2.90 bits per heavy atom. The minimum atomic E-state index is 0.719. The summed E-state index contributed by atoms with van der Waals surface area (Å²) in [5.41, 5.74) is 2.77. The Labute approximate surface area is 133 Å². The van der Waals surface area contributed by atoms with E-state index in [1.165, 1.54) is 29.7 Å². The van der Waals surface area contributed by atoms with E-state index >= 15 is 0 Å². The summed E-state index contributed by atoms with van der Waals surface area (Å²) >= 11 is 2.06. The first-order valence-corrected chi connectivity index (χ1v) is 9.02. The van der Waals surface area contributed by atoms with Crippen molar-refractivity contribution in [3.8, 4) is 0 Å². The van der Waals surface area contributed by atoms with Crippen molar-refractivity contribution in [1.82, 2.24) is 10.6 Å². The molecule has 0 aromatic heterocycles. The number of rotatable bonds is 6. The van der Waals surface area contributed by atoms with Gasteiger partial charge in [-0.1, -0.05) is 24.3 Å². The van der Waals surface area contributed by atoms with Gasteiger partial charge in [-0.3, -0.25) is 4.99 Å². The van der Waals surface area contributed by atoms with Crippen molar-refractivity contribution >= 4 is 17.7 Å². The summed E-state index contributed by atoms with van der Waals surface area (Å²) in [4.78, 5) is 4.72. The third-order valence-electron chi connectivity index (χ3n) is 3.77. The Morgan fingerprint density at radius 2 is 2.19 bits per heavy atom. The van der Waals surface area contributed by atoms with Crippen molar-refractivity contribution < 1.29 is 0 Å².